The maximum absolute atomic E-state index is 12.5. The third-order valence-electron chi connectivity index (χ3n) is 3.06. The van der Waals surface area contributed by atoms with E-state index in [0.29, 0.717) is 0 Å². The number of hydrogen-bond donors (Lipinski definition) is 2. The molecule has 0 radical (unpaired) electrons. The van der Waals surface area contributed by atoms with Crippen LogP contribution in [-0.4, -0.2) is 29.6 Å². The number of carbonyl (C=O) groups excluding carboxylic acids is 1. The number of alkyl halides is 3. The minimum atomic E-state index is -4.49. The van der Waals surface area contributed by atoms with Crippen LogP contribution in [0, 0.1) is 5.92 Å². The van der Waals surface area contributed by atoms with Gasteiger partial charge in [-0.15, -0.1) is 0 Å². The number of hydrogen-bond acceptors (Lipinski definition) is 3. The first-order valence-electron chi connectivity index (χ1n) is 6.43. The molecule has 0 aliphatic heterocycles. The minimum Gasteiger partial charge on any atom is -0.484 e. The van der Waals surface area contributed by atoms with E-state index in [1.165, 1.54) is 26.0 Å². The van der Waals surface area contributed by atoms with Gasteiger partial charge in [-0.25, -0.2) is 0 Å². The molecule has 0 aliphatic carbocycles. The molecule has 8 heteroatoms. The summed E-state index contributed by atoms with van der Waals surface area (Å²) in [5, 5.41) is 11.2. The van der Waals surface area contributed by atoms with Crippen LogP contribution in [0.1, 0.15) is 19.4 Å². The van der Waals surface area contributed by atoms with Gasteiger partial charge in [-0.3, -0.25) is 9.59 Å². The predicted octanol–water partition coefficient (Wildman–Crippen LogP) is 2.31. The normalized spacial score (nSPS) is 14.0. The quantitative estimate of drug-likeness (QED) is 0.844. The summed E-state index contributed by atoms with van der Waals surface area (Å²) >= 11 is 0. The molecule has 0 saturated heterocycles. The topological polar surface area (TPSA) is 75.6 Å². The summed E-state index contributed by atoms with van der Waals surface area (Å²) in [7, 11) is 0. The lowest BCUT2D eigenvalue weighted by Crippen LogP contribution is -2.42. The van der Waals surface area contributed by atoms with Crippen molar-refractivity contribution in [3.05, 3.63) is 29.8 Å². The molecule has 22 heavy (non-hydrogen) atoms. The zero-order valence-electron chi connectivity index (χ0n) is 12.0. The first-order valence-corrected chi connectivity index (χ1v) is 6.43. The average molecular weight is 319 g/mol. The molecular formula is C14H16F3NO4. The molecule has 1 aromatic carbocycles. The Bertz CT molecular complexity index is 545. The number of carbonyl (C=O) groups is 2. The maximum atomic E-state index is 12.5. The van der Waals surface area contributed by atoms with E-state index in [1.807, 2.05) is 0 Å². The zero-order valence-corrected chi connectivity index (χ0v) is 12.0. The zero-order chi connectivity index (χ0) is 16.9. The molecule has 1 aromatic rings. The van der Waals surface area contributed by atoms with E-state index < -0.39 is 42.2 Å². The first kappa shape index (κ1) is 17.8. The Morgan fingerprint density at radius 2 is 1.95 bits per heavy atom. The fourth-order valence-electron chi connectivity index (χ4n) is 1.55. The smallest absolute Gasteiger partial charge is 0.416 e. The Labute approximate surface area is 125 Å². The van der Waals surface area contributed by atoms with Gasteiger partial charge in [0.2, 0.25) is 0 Å². The lowest BCUT2D eigenvalue weighted by molar-refractivity contribution is -0.142. The number of nitrogens with one attached hydrogen (secondary N) is 1. The van der Waals surface area contributed by atoms with E-state index in [0.717, 1.165) is 12.1 Å². The van der Waals surface area contributed by atoms with Crippen molar-refractivity contribution in [2.45, 2.75) is 26.1 Å². The summed E-state index contributed by atoms with van der Waals surface area (Å²) in [5.74, 6) is -2.56. The summed E-state index contributed by atoms with van der Waals surface area (Å²) in [6, 6.07) is 3.52. The molecule has 5 nitrogen and oxygen atoms in total. The van der Waals surface area contributed by atoms with Gasteiger partial charge in [0.15, 0.2) is 6.61 Å². The molecule has 0 aromatic heterocycles. The second-order valence-corrected chi connectivity index (χ2v) is 4.80. The van der Waals surface area contributed by atoms with E-state index in [9.17, 15) is 22.8 Å². The lowest BCUT2D eigenvalue weighted by Gasteiger charge is -2.18. The summed E-state index contributed by atoms with van der Waals surface area (Å²) in [6.07, 6.45) is -4.49. The fraction of sp³-hybridized carbons (Fsp3) is 0.429. The van der Waals surface area contributed by atoms with E-state index in [4.69, 9.17) is 9.84 Å². The van der Waals surface area contributed by atoms with E-state index in [1.54, 1.807) is 0 Å². The van der Waals surface area contributed by atoms with Gasteiger partial charge in [0.1, 0.15) is 5.75 Å². The standard InChI is InChI=1S/C14H16F3NO4/c1-8(13(20)21)9(2)18-12(19)7-22-11-5-3-4-10(6-11)14(15,16)17/h3-6,8-9H,7H2,1-2H3,(H,18,19)(H,20,21). The second-order valence-electron chi connectivity index (χ2n) is 4.80. The van der Waals surface area contributed by atoms with Crippen molar-refractivity contribution in [2.75, 3.05) is 6.61 Å². The largest absolute Gasteiger partial charge is 0.484 e. The number of amides is 1. The highest BCUT2D eigenvalue weighted by Gasteiger charge is 2.30. The second kappa shape index (κ2) is 7.15. The molecule has 0 bridgehead atoms. The number of benzene rings is 1. The van der Waals surface area contributed by atoms with E-state index >= 15 is 0 Å². The van der Waals surface area contributed by atoms with Gasteiger partial charge in [0.05, 0.1) is 11.5 Å². The molecule has 0 heterocycles. The van der Waals surface area contributed by atoms with Crippen LogP contribution in [0.3, 0.4) is 0 Å². The summed E-state index contributed by atoms with van der Waals surface area (Å²) in [5.41, 5.74) is -0.877. The number of halogens is 3. The third kappa shape index (κ3) is 5.27. The van der Waals surface area contributed by atoms with Crippen LogP contribution < -0.4 is 10.1 Å². The van der Waals surface area contributed by atoms with E-state index in [-0.39, 0.29) is 5.75 Å². The van der Waals surface area contributed by atoms with Crippen LogP contribution in [0.2, 0.25) is 0 Å². The maximum Gasteiger partial charge on any atom is 0.416 e. The highest BCUT2D eigenvalue weighted by Crippen LogP contribution is 2.31. The van der Waals surface area contributed by atoms with Crippen molar-refractivity contribution >= 4 is 11.9 Å². The van der Waals surface area contributed by atoms with Gasteiger partial charge < -0.3 is 15.2 Å². The van der Waals surface area contributed by atoms with Crippen LogP contribution >= 0.6 is 0 Å². The number of rotatable bonds is 6. The molecule has 1 rings (SSSR count). The average Bonchev–Trinajstić information content (AvgIpc) is 2.43. The van der Waals surface area contributed by atoms with Crippen LogP contribution in [-0.2, 0) is 15.8 Å². The van der Waals surface area contributed by atoms with Gasteiger partial charge in [-0.1, -0.05) is 6.07 Å². The highest BCUT2D eigenvalue weighted by molar-refractivity contribution is 5.79. The van der Waals surface area contributed by atoms with Crippen molar-refractivity contribution in [3.63, 3.8) is 0 Å². The Morgan fingerprint density at radius 3 is 2.50 bits per heavy atom. The number of carboxylic acids is 1. The van der Waals surface area contributed by atoms with Crippen LogP contribution in [0.15, 0.2) is 24.3 Å². The Kier molecular flexibility index (Phi) is 5.78. The molecule has 0 aliphatic rings. The summed E-state index contributed by atoms with van der Waals surface area (Å²) < 4.78 is 42.5. The Morgan fingerprint density at radius 1 is 1.32 bits per heavy atom. The van der Waals surface area contributed by atoms with Crippen molar-refractivity contribution in [2.24, 2.45) is 5.92 Å². The van der Waals surface area contributed by atoms with E-state index in [2.05, 4.69) is 5.32 Å². The SMILES string of the molecule is CC(NC(=O)COc1cccc(C(F)(F)F)c1)C(C)C(=O)O. The molecule has 1 amide bonds. The van der Waals surface area contributed by atoms with Crippen molar-refractivity contribution in [1.29, 1.82) is 0 Å². The van der Waals surface area contributed by atoms with Crippen molar-refractivity contribution in [1.82, 2.24) is 5.32 Å². The third-order valence-corrected chi connectivity index (χ3v) is 3.06. The van der Waals surface area contributed by atoms with Crippen molar-refractivity contribution < 1.29 is 32.6 Å². The van der Waals surface area contributed by atoms with Gasteiger partial charge in [0.25, 0.3) is 5.91 Å². The van der Waals surface area contributed by atoms with Crippen molar-refractivity contribution in [3.8, 4) is 5.75 Å². The molecule has 2 atom stereocenters. The monoisotopic (exact) mass is 319 g/mol. The Hall–Kier alpha value is -2.25. The molecule has 0 fully saturated rings. The number of ether oxygens (including phenoxy) is 1. The molecule has 0 spiro atoms. The van der Waals surface area contributed by atoms with Crippen LogP contribution in [0.5, 0.6) is 5.75 Å². The molecular weight excluding hydrogens is 303 g/mol. The summed E-state index contributed by atoms with van der Waals surface area (Å²) in [4.78, 5) is 22.3. The lowest BCUT2D eigenvalue weighted by atomic mass is 10.0. The van der Waals surface area contributed by atoms with Crippen LogP contribution in [0.25, 0.3) is 0 Å². The fourth-order valence-corrected chi connectivity index (χ4v) is 1.55. The van der Waals surface area contributed by atoms with Gasteiger partial charge >= 0.3 is 12.1 Å². The molecule has 2 N–H and O–H groups in total. The van der Waals surface area contributed by atoms with Crippen LogP contribution in [0.4, 0.5) is 13.2 Å². The van der Waals surface area contributed by atoms with Gasteiger partial charge in [-0.05, 0) is 32.0 Å². The summed E-state index contributed by atoms with van der Waals surface area (Å²) in [6.45, 7) is 2.44. The molecule has 2 unspecified atom stereocenters. The highest BCUT2D eigenvalue weighted by atomic mass is 19.4. The first-order chi connectivity index (χ1) is 10.1. The number of carboxylic acid groups (broad SMARTS) is 1. The van der Waals surface area contributed by atoms with Gasteiger partial charge in [0, 0.05) is 6.04 Å². The minimum absolute atomic E-state index is 0.0936. The predicted molar refractivity (Wildman–Crippen MR) is 71.3 cm³/mol. The molecule has 122 valence electrons. The van der Waals surface area contributed by atoms with Gasteiger partial charge in [-0.2, -0.15) is 13.2 Å². The number of aliphatic carboxylic acids is 1. The molecule has 0 saturated carbocycles. The Balaban J connectivity index is 2.56.